The van der Waals surface area contributed by atoms with E-state index >= 15 is 0 Å². The maximum Gasteiger partial charge on any atom is 0.416 e. The second-order valence-electron chi connectivity index (χ2n) is 12.6. The summed E-state index contributed by atoms with van der Waals surface area (Å²) >= 11 is 0. The summed E-state index contributed by atoms with van der Waals surface area (Å²) in [5, 5.41) is 16.4. The largest absolute Gasteiger partial charge is 0.466 e. The van der Waals surface area contributed by atoms with Gasteiger partial charge in [0.05, 0.1) is 57.1 Å². The van der Waals surface area contributed by atoms with Crippen molar-refractivity contribution in [2.75, 3.05) is 39.2 Å². The molecule has 0 amide bonds. The molecule has 9 nitrogen and oxygen atoms in total. The number of ether oxygens (including phenoxy) is 1. The molecule has 1 aliphatic carbocycles. The highest BCUT2D eigenvalue weighted by atomic mass is 19.4. The molecule has 1 atom stereocenters. The third-order valence-corrected chi connectivity index (χ3v) is 9.01. The van der Waals surface area contributed by atoms with Crippen LogP contribution >= 0.6 is 0 Å². The Morgan fingerprint density at radius 1 is 1.16 bits per heavy atom. The Bertz CT molecular complexity index is 1710. The van der Waals surface area contributed by atoms with Crippen LogP contribution in [-0.2, 0) is 22.1 Å². The fourth-order valence-electron chi connectivity index (χ4n) is 6.82. The molecule has 5 rings (SSSR count). The topological polar surface area (TPSA) is 104 Å². The number of methoxy groups -OCH3 is 1. The molecule has 3 aromatic rings. The van der Waals surface area contributed by atoms with Crippen LogP contribution in [0.5, 0.6) is 0 Å². The van der Waals surface area contributed by atoms with E-state index in [-0.39, 0.29) is 22.9 Å². The van der Waals surface area contributed by atoms with Gasteiger partial charge in [0.25, 0.3) is 0 Å². The number of aromatic nitrogens is 3. The number of allylic oxidation sites excluding steroid dienone is 1. The Hall–Kier alpha value is -4.37. The van der Waals surface area contributed by atoms with Crippen molar-refractivity contribution >= 4 is 17.6 Å². The molecule has 0 spiro atoms. The summed E-state index contributed by atoms with van der Waals surface area (Å²) in [5.74, 6) is -0.0578. The van der Waals surface area contributed by atoms with Crippen LogP contribution in [0.15, 0.2) is 58.5 Å². The van der Waals surface area contributed by atoms with Crippen molar-refractivity contribution in [3.05, 3.63) is 86.5 Å². The van der Waals surface area contributed by atoms with Gasteiger partial charge in [-0.25, -0.2) is 19.3 Å². The van der Waals surface area contributed by atoms with E-state index in [4.69, 9.17) is 4.74 Å². The highest BCUT2D eigenvalue weighted by Gasteiger charge is 2.41. The van der Waals surface area contributed by atoms with Crippen LogP contribution in [0.1, 0.15) is 67.3 Å². The number of nitrogens with one attached hydrogen (secondary N) is 1. The standard InChI is InChI=1S/C33H37F3N6O3/c1-21-28(30(43)45-4)29(41-31(38-39-32(41)44)40(21)26-12-8-11-25(18-26)33(34,35)36)27-14-13-23(19-37)17-24(27)15-16-42(2,3)20-22-9-6-5-7-10-22/h8,11-14,17-18,22,29H,5-7,9-10,15-16,20H2,1-4H3/p+1/t29-/m1/s1. The highest BCUT2D eigenvalue weighted by Crippen LogP contribution is 2.43. The van der Waals surface area contributed by atoms with Gasteiger partial charge in [0, 0.05) is 23.7 Å². The smallest absolute Gasteiger partial charge is 0.416 e. The van der Waals surface area contributed by atoms with Gasteiger partial charge in [-0.2, -0.15) is 18.4 Å². The van der Waals surface area contributed by atoms with Gasteiger partial charge < -0.3 is 9.22 Å². The van der Waals surface area contributed by atoms with Crippen molar-refractivity contribution in [2.45, 2.75) is 57.7 Å². The van der Waals surface area contributed by atoms with E-state index in [9.17, 15) is 28.0 Å². The number of hydrogen-bond acceptors (Lipinski definition) is 6. The number of rotatable bonds is 8. The van der Waals surface area contributed by atoms with Crippen molar-refractivity contribution in [3.63, 3.8) is 0 Å². The van der Waals surface area contributed by atoms with Gasteiger partial charge >= 0.3 is 17.8 Å². The number of quaternary nitrogens is 1. The van der Waals surface area contributed by atoms with Gasteiger partial charge in [-0.15, -0.1) is 5.10 Å². The number of benzene rings is 2. The monoisotopic (exact) mass is 623 g/mol. The van der Waals surface area contributed by atoms with Crippen LogP contribution in [-0.4, -0.2) is 59.5 Å². The lowest BCUT2D eigenvalue weighted by Crippen LogP contribution is -2.45. The molecule has 0 unspecified atom stereocenters. The number of likely N-dealkylation sites (N-methyl/N-ethyl adjacent to an activating group) is 1. The molecule has 2 aliphatic rings. The second-order valence-corrected chi connectivity index (χ2v) is 12.6. The van der Waals surface area contributed by atoms with Crippen LogP contribution in [0.3, 0.4) is 0 Å². The SMILES string of the molecule is COC(=O)C1=C(C)N(c2cccc(C(F)(F)F)c2)c2n[nH]c(=O)n2[C@@H]1c1ccc(C#N)cc1CC[N+](C)(C)CC1CCCCC1. The van der Waals surface area contributed by atoms with Crippen LogP contribution in [0.25, 0.3) is 0 Å². The number of hydrogen-bond donors (Lipinski definition) is 1. The van der Waals surface area contributed by atoms with Crippen molar-refractivity contribution in [1.29, 1.82) is 5.26 Å². The van der Waals surface area contributed by atoms with Crippen molar-refractivity contribution in [3.8, 4) is 6.07 Å². The average Bonchev–Trinajstić information content (AvgIpc) is 3.39. The van der Waals surface area contributed by atoms with Crippen LogP contribution in [0, 0.1) is 17.2 Å². The molecule has 1 N–H and O–H groups in total. The fourth-order valence-corrected chi connectivity index (χ4v) is 6.82. The third kappa shape index (κ3) is 6.54. The van der Waals surface area contributed by atoms with E-state index in [1.165, 1.54) is 60.8 Å². The number of nitrogens with zero attached hydrogens (tertiary/aromatic N) is 5. The molecular weight excluding hydrogens is 585 g/mol. The lowest BCUT2D eigenvalue weighted by Gasteiger charge is -2.37. The molecule has 2 aromatic carbocycles. The zero-order valence-corrected chi connectivity index (χ0v) is 25.9. The van der Waals surface area contributed by atoms with Crippen molar-refractivity contribution < 1.29 is 27.2 Å². The van der Waals surface area contributed by atoms with Gasteiger partial charge in [0.15, 0.2) is 0 Å². The zero-order chi connectivity index (χ0) is 32.5. The van der Waals surface area contributed by atoms with E-state index in [1.54, 1.807) is 25.1 Å². The van der Waals surface area contributed by atoms with E-state index in [0.717, 1.165) is 35.3 Å². The quantitative estimate of drug-likeness (QED) is 0.250. The predicted octanol–water partition coefficient (Wildman–Crippen LogP) is 5.85. The molecule has 0 radical (unpaired) electrons. The normalized spacial score (nSPS) is 17.6. The Morgan fingerprint density at radius 3 is 2.56 bits per heavy atom. The first kappa shape index (κ1) is 32.0. The molecule has 0 bridgehead atoms. The maximum absolute atomic E-state index is 13.7. The molecule has 45 heavy (non-hydrogen) atoms. The molecule has 238 valence electrons. The number of alkyl halides is 3. The summed E-state index contributed by atoms with van der Waals surface area (Å²) in [4.78, 5) is 28.2. The van der Waals surface area contributed by atoms with Crippen LogP contribution in [0.2, 0.25) is 0 Å². The van der Waals surface area contributed by atoms with E-state index in [0.29, 0.717) is 23.5 Å². The average molecular weight is 624 g/mol. The number of H-pyrrole nitrogens is 1. The number of halogens is 3. The number of aromatic amines is 1. The number of carbonyl (C=O) groups excluding carboxylic acids is 1. The Morgan fingerprint density at radius 2 is 1.89 bits per heavy atom. The van der Waals surface area contributed by atoms with E-state index < -0.39 is 29.4 Å². The first-order chi connectivity index (χ1) is 21.3. The van der Waals surface area contributed by atoms with E-state index in [2.05, 4.69) is 30.4 Å². The summed E-state index contributed by atoms with van der Waals surface area (Å²) in [7, 11) is 5.60. The minimum Gasteiger partial charge on any atom is -0.466 e. The molecule has 0 saturated heterocycles. The fraction of sp³-hybridized carbons (Fsp3) is 0.455. The van der Waals surface area contributed by atoms with Crippen molar-refractivity contribution in [1.82, 2.24) is 14.8 Å². The third-order valence-electron chi connectivity index (χ3n) is 9.01. The van der Waals surface area contributed by atoms with Gasteiger partial charge in [0.1, 0.15) is 6.04 Å². The Labute approximate surface area is 260 Å². The molecular formula is C33H38F3N6O3+. The summed E-state index contributed by atoms with van der Waals surface area (Å²) in [5.41, 5.74) is 0.715. The molecule has 1 aliphatic heterocycles. The molecule has 1 aromatic heterocycles. The highest BCUT2D eigenvalue weighted by molar-refractivity contribution is 5.93. The van der Waals surface area contributed by atoms with E-state index in [1.807, 2.05) is 0 Å². The van der Waals surface area contributed by atoms with Gasteiger partial charge in [-0.1, -0.05) is 31.4 Å². The minimum atomic E-state index is -4.61. The lowest BCUT2D eigenvalue weighted by molar-refractivity contribution is -0.893. The van der Waals surface area contributed by atoms with Gasteiger partial charge in [0.2, 0.25) is 5.95 Å². The van der Waals surface area contributed by atoms with Gasteiger partial charge in [-0.05, 0) is 61.2 Å². The number of fused-ring (bicyclic) bond motifs is 1. The molecule has 1 saturated carbocycles. The number of anilines is 2. The van der Waals surface area contributed by atoms with Crippen molar-refractivity contribution in [2.24, 2.45) is 5.92 Å². The first-order valence-corrected chi connectivity index (χ1v) is 15.1. The summed E-state index contributed by atoms with van der Waals surface area (Å²) in [6, 6.07) is 11.0. The molecule has 12 heteroatoms. The second kappa shape index (κ2) is 12.6. The van der Waals surface area contributed by atoms with Gasteiger partial charge in [-0.3, -0.25) is 4.90 Å². The zero-order valence-electron chi connectivity index (χ0n) is 25.9. The molecule has 2 heterocycles. The minimum absolute atomic E-state index is 0.0261. The lowest BCUT2D eigenvalue weighted by atomic mass is 9.87. The van der Waals surface area contributed by atoms with Crippen LogP contribution in [0.4, 0.5) is 24.8 Å². The first-order valence-electron chi connectivity index (χ1n) is 15.1. The summed E-state index contributed by atoms with van der Waals surface area (Å²) in [6.45, 7) is 3.38. The maximum atomic E-state index is 13.7. The molecule has 1 fully saturated rings. The summed E-state index contributed by atoms with van der Waals surface area (Å²) < 4.78 is 48.2. The number of nitriles is 1. The number of carbonyl (C=O) groups is 1. The summed E-state index contributed by atoms with van der Waals surface area (Å²) in [6.07, 6.45) is 2.19. The Balaban J connectivity index is 1.62. The Kier molecular flexibility index (Phi) is 8.94. The van der Waals surface area contributed by atoms with Crippen LogP contribution < -0.4 is 10.6 Å². The predicted molar refractivity (Wildman–Crippen MR) is 163 cm³/mol. The number of esters is 1.